The van der Waals surface area contributed by atoms with Gasteiger partial charge in [-0.05, 0) is 37.1 Å². The number of benzene rings is 2. The minimum atomic E-state index is -0.663. The van der Waals surface area contributed by atoms with Crippen LogP contribution in [0.3, 0.4) is 0 Å². The Balaban J connectivity index is 2.03. The first-order valence-electron chi connectivity index (χ1n) is 9.69. The quantitative estimate of drug-likeness (QED) is 0.127. The van der Waals surface area contributed by atoms with Gasteiger partial charge in [-0.1, -0.05) is 13.3 Å². The van der Waals surface area contributed by atoms with Gasteiger partial charge in [0.25, 0.3) is 5.69 Å². The topological polar surface area (TPSA) is 82.6 Å². The fourth-order valence-corrected chi connectivity index (χ4v) is 3.26. The Kier molecular flexibility index (Phi) is 7.05. The number of furan rings is 1. The molecule has 0 atom stereocenters. The number of halogens is 2. The molecule has 0 fully saturated rings. The molecular weight excluding hydrogens is 413 g/mol. The van der Waals surface area contributed by atoms with E-state index < -0.39 is 16.5 Å². The smallest absolute Gasteiger partial charge is 0.270 e. The van der Waals surface area contributed by atoms with E-state index in [9.17, 15) is 19.3 Å². The number of aryl methyl sites for hydroxylation is 1. The number of hydrogen-bond donors (Lipinski definition) is 0. The predicted molar refractivity (Wildman–Crippen MR) is 112 cm³/mol. The molecule has 0 aliphatic rings. The number of ketones is 1. The Morgan fingerprint density at radius 3 is 2.70 bits per heavy atom. The standard InChI is InChI=1S/C22H21ClFNO5/c1-2-3-5-20-21(16-13-15(25(27)28)7-9-18(16)30-20)22(26)14-6-8-19(17(24)12-14)29-11-4-10-23/h6-9,12-13H,2-5,10-11H2,1H3. The molecular formula is C22H21ClFNO5. The van der Waals surface area contributed by atoms with Gasteiger partial charge in [-0.15, -0.1) is 11.6 Å². The molecule has 158 valence electrons. The maximum Gasteiger partial charge on any atom is 0.270 e. The van der Waals surface area contributed by atoms with Gasteiger partial charge in [0.2, 0.25) is 0 Å². The van der Waals surface area contributed by atoms with Gasteiger partial charge in [-0.25, -0.2) is 4.39 Å². The number of carbonyl (C=O) groups is 1. The van der Waals surface area contributed by atoms with E-state index >= 15 is 0 Å². The van der Waals surface area contributed by atoms with Crippen LogP contribution in [0.15, 0.2) is 40.8 Å². The average Bonchev–Trinajstić information content (AvgIpc) is 3.10. The molecule has 8 heteroatoms. The maximum absolute atomic E-state index is 14.4. The highest BCUT2D eigenvalue weighted by Gasteiger charge is 2.24. The highest BCUT2D eigenvalue weighted by Crippen LogP contribution is 2.32. The minimum Gasteiger partial charge on any atom is -0.490 e. The van der Waals surface area contributed by atoms with Gasteiger partial charge in [0.1, 0.15) is 11.3 Å². The van der Waals surface area contributed by atoms with Gasteiger partial charge in [0.05, 0.1) is 17.1 Å². The van der Waals surface area contributed by atoms with E-state index in [-0.39, 0.29) is 29.2 Å². The lowest BCUT2D eigenvalue weighted by Gasteiger charge is -2.08. The van der Waals surface area contributed by atoms with Crippen LogP contribution in [0.2, 0.25) is 0 Å². The molecule has 0 saturated carbocycles. The minimum absolute atomic E-state index is 0.0376. The van der Waals surface area contributed by atoms with E-state index in [2.05, 4.69) is 0 Å². The first-order chi connectivity index (χ1) is 14.5. The van der Waals surface area contributed by atoms with Gasteiger partial charge < -0.3 is 9.15 Å². The summed E-state index contributed by atoms with van der Waals surface area (Å²) < 4.78 is 25.6. The Bertz CT molecular complexity index is 1080. The van der Waals surface area contributed by atoms with E-state index in [0.29, 0.717) is 35.5 Å². The van der Waals surface area contributed by atoms with Crippen molar-refractivity contribution in [1.29, 1.82) is 0 Å². The van der Waals surface area contributed by atoms with Crippen molar-refractivity contribution in [2.24, 2.45) is 0 Å². The molecule has 3 aromatic rings. The predicted octanol–water partition coefficient (Wildman–Crippen LogP) is 6.06. The second-order valence-electron chi connectivity index (χ2n) is 6.81. The molecule has 2 aromatic carbocycles. The van der Waals surface area contributed by atoms with Gasteiger partial charge in [-0.2, -0.15) is 0 Å². The molecule has 1 heterocycles. The molecule has 0 aliphatic heterocycles. The molecule has 6 nitrogen and oxygen atoms in total. The van der Waals surface area contributed by atoms with Crippen molar-refractivity contribution in [1.82, 2.24) is 0 Å². The van der Waals surface area contributed by atoms with Gasteiger partial charge in [-0.3, -0.25) is 14.9 Å². The molecule has 0 unspecified atom stereocenters. The van der Waals surface area contributed by atoms with Crippen molar-refractivity contribution in [3.63, 3.8) is 0 Å². The van der Waals surface area contributed by atoms with E-state index in [0.717, 1.165) is 18.9 Å². The van der Waals surface area contributed by atoms with Crippen LogP contribution < -0.4 is 4.74 Å². The lowest BCUT2D eigenvalue weighted by molar-refractivity contribution is -0.384. The molecule has 0 spiro atoms. The third-order valence-corrected chi connectivity index (χ3v) is 4.94. The normalized spacial score (nSPS) is 11.0. The summed E-state index contributed by atoms with van der Waals surface area (Å²) in [6.45, 7) is 2.28. The molecule has 0 radical (unpaired) electrons. The second kappa shape index (κ2) is 9.71. The molecule has 30 heavy (non-hydrogen) atoms. The number of nitro benzene ring substituents is 1. The summed E-state index contributed by atoms with van der Waals surface area (Å²) in [4.78, 5) is 23.9. The van der Waals surface area contributed by atoms with E-state index in [1.54, 1.807) is 0 Å². The monoisotopic (exact) mass is 433 g/mol. The summed E-state index contributed by atoms with van der Waals surface area (Å²) in [7, 11) is 0. The lowest BCUT2D eigenvalue weighted by atomic mass is 9.98. The highest BCUT2D eigenvalue weighted by atomic mass is 35.5. The van der Waals surface area contributed by atoms with Crippen LogP contribution in [-0.4, -0.2) is 23.2 Å². The Morgan fingerprint density at radius 1 is 1.23 bits per heavy atom. The number of alkyl halides is 1. The van der Waals surface area contributed by atoms with Crippen molar-refractivity contribution >= 4 is 34.0 Å². The zero-order valence-corrected chi connectivity index (χ0v) is 17.2. The zero-order chi connectivity index (χ0) is 21.7. The van der Waals surface area contributed by atoms with Gasteiger partial charge >= 0.3 is 0 Å². The summed E-state index contributed by atoms with van der Waals surface area (Å²) in [5.41, 5.74) is 0.590. The Morgan fingerprint density at radius 2 is 2.03 bits per heavy atom. The van der Waals surface area contributed by atoms with Crippen molar-refractivity contribution < 1.29 is 23.3 Å². The molecule has 0 aliphatic carbocycles. The van der Waals surface area contributed by atoms with Crippen molar-refractivity contribution in [3.8, 4) is 5.75 Å². The lowest BCUT2D eigenvalue weighted by Crippen LogP contribution is -2.06. The number of ether oxygens (including phenoxy) is 1. The van der Waals surface area contributed by atoms with Crippen LogP contribution in [0.25, 0.3) is 11.0 Å². The number of non-ortho nitro benzene ring substituents is 1. The molecule has 3 rings (SSSR count). The average molecular weight is 434 g/mol. The van der Waals surface area contributed by atoms with Crippen LogP contribution in [0.5, 0.6) is 5.75 Å². The van der Waals surface area contributed by atoms with Gasteiger partial charge in [0, 0.05) is 35.4 Å². The number of unbranched alkanes of at least 4 members (excludes halogenated alkanes) is 1. The third-order valence-electron chi connectivity index (χ3n) is 4.67. The third kappa shape index (κ3) is 4.62. The SMILES string of the molecule is CCCCc1oc2ccc([N+](=O)[O-])cc2c1C(=O)c1ccc(OCCCCl)c(F)c1. The highest BCUT2D eigenvalue weighted by molar-refractivity contribution is 6.18. The summed E-state index contributed by atoms with van der Waals surface area (Å²) in [6.07, 6.45) is 2.74. The zero-order valence-electron chi connectivity index (χ0n) is 16.5. The van der Waals surface area contributed by atoms with Gasteiger partial charge in [0.15, 0.2) is 17.3 Å². The maximum atomic E-state index is 14.4. The van der Waals surface area contributed by atoms with E-state index in [4.69, 9.17) is 20.8 Å². The summed E-state index contributed by atoms with van der Waals surface area (Å²) >= 11 is 5.59. The van der Waals surface area contributed by atoms with Crippen LogP contribution in [-0.2, 0) is 6.42 Å². The number of fused-ring (bicyclic) bond motifs is 1. The number of nitro groups is 1. The second-order valence-corrected chi connectivity index (χ2v) is 7.18. The fraction of sp³-hybridized carbons (Fsp3) is 0.318. The molecule has 0 saturated heterocycles. The van der Waals surface area contributed by atoms with Crippen molar-refractivity contribution in [2.45, 2.75) is 32.6 Å². The van der Waals surface area contributed by atoms with Crippen molar-refractivity contribution in [2.75, 3.05) is 12.5 Å². The van der Waals surface area contributed by atoms with Crippen molar-refractivity contribution in [3.05, 3.63) is 69.2 Å². The van der Waals surface area contributed by atoms with E-state index in [1.807, 2.05) is 6.92 Å². The first kappa shape index (κ1) is 21.8. The van der Waals surface area contributed by atoms with Crippen LogP contribution in [0.1, 0.15) is 47.9 Å². The number of carbonyl (C=O) groups excluding carboxylic acids is 1. The number of hydrogen-bond acceptors (Lipinski definition) is 5. The summed E-state index contributed by atoms with van der Waals surface area (Å²) in [5.74, 6) is -0.232. The van der Waals surface area contributed by atoms with Crippen LogP contribution in [0.4, 0.5) is 10.1 Å². The molecule has 0 N–H and O–H groups in total. The first-order valence-corrected chi connectivity index (χ1v) is 10.2. The molecule has 0 bridgehead atoms. The molecule has 1 aromatic heterocycles. The number of rotatable bonds is 10. The van der Waals surface area contributed by atoms with E-state index in [1.165, 1.54) is 30.3 Å². The van der Waals surface area contributed by atoms with Crippen LogP contribution in [0, 0.1) is 15.9 Å². The molecule has 0 amide bonds. The fourth-order valence-electron chi connectivity index (χ4n) is 3.15. The summed E-state index contributed by atoms with van der Waals surface area (Å²) in [6, 6.07) is 8.11. The largest absolute Gasteiger partial charge is 0.490 e. The Hall–Kier alpha value is -2.93. The number of nitrogens with zero attached hydrogens (tertiary/aromatic N) is 1. The Labute approximate surface area is 177 Å². The summed E-state index contributed by atoms with van der Waals surface area (Å²) in [5, 5.41) is 11.5. The van der Waals surface area contributed by atoms with Crippen LogP contribution >= 0.6 is 11.6 Å².